The van der Waals surface area contributed by atoms with Crippen molar-refractivity contribution in [3.05, 3.63) is 105 Å². The van der Waals surface area contributed by atoms with E-state index in [1.807, 2.05) is 81.4 Å². The number of carbonyl (C=O) groups is 2. The van der Waals surface area contributed by atoms with Gasteiger partial charge in [-0.1, -0.05) is 60.1 Å². The van der Waals surface area contributed by atoms with Gasteiger partial charge in [0.05, 0.1) is 5.57 Å². The van der Waals surface area contributed by atoms with Crippen LogP contribution in [-0.4, -0.2) is 23.3 Å². The Bertz CT molecular complexity index is 1230. The molecule has 5 heteroatoms. The first-order chi connectivity index (χ1) is 15.3. The minimum Gasteiger partial charge on any atom is -0.350 e. The lowest BCUT2D eigenvalue weighted by Gasteiger charge is -2.16. The Kier molecular flexibility index (Phi) is 6.15. The van der Waals surface area contributed by atoms with E-state index in [0.29, 0.717) is 29.3 Å². The first-order valence-electron chi connectivity index (χ1n) is 10.6. The van der Waals surface area contributed by atoms with Gasteiger partial charge in [-0.3, -0.25) is 14.5 Å². The molecule has 1 aliphatic rings. The largest absolute Gasteiger partial charge is 0.350 e. The first-order valence-corrected chi connectivity index (χ1v) is 11.0. The molecule has 0 fully saturated rings. The molecule has 4 nitrogen and oxygen atoms in total. The molecule has 32 heavy (non-hydrogen) atoms. The molecule has 0 spiro atoms. The second-order valence-corrected chi connectivity index (χ2v) is 8.57. The van der Waals surface area contributed by atoms with E-state index >= 15 is 0 Å². The summed E-state index contributed by atoms with van der Waals surface area (Å²) in [5, 5.41) is 3.86. The van der Waals surface area contributed by atoms with Gasteiger partial charge in [-0.15, -0.1) is 0 Å². The fourth-order valence-corrected chi connectivity index (χ4v) is 4.07. The number of nitrogens with one attached hydrogen (secondary N) is 1. The highest BCUT2D eigenvalue weighted by Crippen LogP contribution is 2.32. The summed E-state index contributed by atoms with van der Waals surface area (Å²) in [7, 11) is 0. The molecule has 0 aromatic heterocycles. The average Bonchev–Trinajstić information content (AvgIpc) is 3.00. The Morgan fingerprint density at radius 2 is 1.56 bits per heavy atom. The van der Waals surface area contributed by atoms with Gasteiger partial charge in [0.1, 0.15) is 5.70 Å². The molecule has 0 unspecified atom stereocenters. The molecule has 0 atom stereocenters. The fraction of sp³-hybridized carbons (Fsp3) is 0.185. The van der Waals surface area contributed by atoms with Gasteiger partial charge in [0.25, 0.3) is 11.8 Å². The molecule has 4 rings (SSSR count). The normalized spacial score (nSPS) is 13.8. The van der Waals surface area contributed by atoms with Gasteiger partial charge in [0.2, 0.25) is 0 Å². The predicted molar refractivity (Wildman–Crippen MR) is 130 cm³/mol. The highest BCUT2D eigenvalue weighted by molar-refractivity contribution is 6.36. The molecule has 0 aliphatic carbocycles. The minimum absolute atomic E-state index is 0.275. The van der Waals surface area contributed by atoms with E-state index in [9.17, 15) is 9.59 Å². The van der Waals surface area contributed by atoms with Crippen LogP contribution in [0.25, 0.3) is 5.57 Å². The molecule has 1 N–H and O–H groups in total. The number of nitrogens with zero attached hydrogens (tertiary/aromatic N) is 1. The molecule has 1 aliphatic heterocycles. The van der Waals surface area contributed by atoms with E-state index in [1.165, 1.54) is 4.90 Å². The minimum atomic E-state index is -0.312. The van der Waals surface area contributed by atoms with E-state index in [2.05, 4.69) is 5.32 Å². The molecule has 0 saturated heterocycles. The molecule has 2 amide bonds. The third-order valence-corrected chi connectivity index (χ3v) is 6.11. The third-order valence-electron chi connectivity index (χ3n) is 5.88. The predicted octanol–water partition coefficient (Wildman–Crippen LogP) is 5.70. The zero-order valence-corrected chi connectivity index (χ0v) is 19.2. The van der Waals surface area contributed by atoms with Crippen molar-refractivity contribution >= 4 is 34.7 Å². The summed E-state index contributed by atoms with van der Waals surface area (Å²) in [5.41, 5.74) is 6.37. The zero-order chi connectivity index (χ0) is 22.8. The topological polar surface area (TPSA) is 49.4 Å². The Morgan fingerprint density at radius 1 is 0.812 bits per heavy atom. The second kappa shape index (κ2) is 9.01. The van der Waals surface area contributed by atoms with E-state index in [4.69, 9.17) is 11.6 Å². The van der Waals surface area contributed by atoms with Crippen LogP contribution in [-0.2, 0) is 16.0 Å². The summed E-state index contributed by atoms with van der Waals surface area (Å²) in [4.78, 5) is 28.2. The monoisotopic (exact) mass is 444 g/mol. The molecular weight excluding hydrogens is 420 g/mol. The number of aryl methyl sites for hydroxylation is 3. The van der Waals surface area contributed by atoms with Crippen molar-refractivity contribution in [2.75, 3.05) is 11.9 Å². The lowest BCUT2D eigenvalue weighted by Crippen LogP contribution is -2.34. The standard InChI is InChI=1S/C27H25ClN2O2/c1-17-9-10-21(15-18(17)2)24-25(29-23-12-11-22(28)16-19(23)3)27(32)30(26(24)31)14-13-20-7-5-4-6-8-20/h4-12,15-16,29H,13-14H2,1-3H3. The fourth-order valence-electron chi connectivity index (χ4n) is 3.85. The Labute approximate surface area is 193 Å². The number of carbonyl (C=O) groups excluding carboxylic acids is 2. The van der Waals surface area contributed by atoms with Crippen molar-refractivity contribution in [3.8, 4) is 0 Å². The molecule has 162 valence electrons. The molecule has 1 heterocycles. The maximum Gasteiger partial charge on any atom is 0.278 e. The van der Waals surface area contributed by atoms with Crippen molar-refractivity contribution in [2.45, 2.75) is 27.2 Å². The van der Waals surface area contributed by atoms with Crippen LogP contribution < -0.4 is 5.32 Å². The van der Waals surface area contributed by atoms with Crippen LogP contribution in [0.1, 0.15) is 27.8 Å². The SMILES string of the molecule is Cc1ccc(C2=C(Nc3ccc(Cl)cc3C)C(=O)N(CCc3ccccc3)C2=O)cc1C. The van der Waals surface area contributed by atoms with Gasteiger partial charge in [-0.2, -0.15) is 0 Å². The van der Waals surface area contributed by atoms with E-state index in [0.717, 1.165) is 33.5 Å². The number of imide groups is 1. The quantitative estimate of drug-likeness (QED) is 0.496. The number of halogens is 1. The number of hydrogen-bond acceptors (Lipinski definition) is 3. The number of amides is 2. The highest BCUT2D eigenvalue weighted by Gasteiger charge is 2.39. The Balaban J connectivity index is 1.72. The summed E-state index contributed by atoms with van der Waals surface area (Å²) < 4.78 is 0. The maximum atomic E-state index is 13.5. The highest BCUT2D eigenvalue weighted by atomic mass is 35.5. The molecule has 0 radical (unpaired) electrons. The summed E-state index contributed by atoms with van der Waals surface area (Å²) >= 11 is 6.10. The van der Waals surface area contributed by atoms with Gasteiger partial charge >= 0.3 is 0 Å². The van der Waals surface area contributed by atoms with Crippen LogP contribution in [0, 0.1) is 20.8 Å². The van der Waals surface area contributed by atoms with E-state index < -0.39 is 0 Å². The van der Waals surface area contributed by atoms with Gasteiger partial charge < -0.3 is 5.32 Å². The molecule has 3 aromatic carbocycles. The van der Waals surface area contributed by atoms with E-state index in [1.54, 1.807) is 6.07 Å². The molecular formula is C27H25ClN2O2. The molecule has 3 aromatic rings. The molecule has 0 saturated carbocycles. The van der Waals surface area contributed by atoms with Gasteiger partial charge in [0, 0.05) is 17.3 Å². The number of benzene rings is 3. The van der Waals surface area contributed by atoms with Crippen LogP contribution in [0.15, 0.2) is 72.4 Å². The summed E-state index contributed by atoms with van der Waals surface area (Å²) in [5.74, 6) is -0.586. The van der Waals surface area contributed by atoms with Crippen molar-refractivity contribution in [2.24, 2.45) is 0 Å². The van der Waals surface area contributed by atoms with Crippen LogP contribution in [0.2, 0.25) is 5.02 Å². The average molecular weight is 445 g/mol. The first kappa shape index (κ1) is 21.8. The van der Waals surface area contributed by atoms with Gasteiger partial charge in [-0.05, 0) is 73.2 Å². The third kappa shape index (κ3) is 4.32. The van der Waals surface area contributed by atoms with Gasteiger partial charge in [0.15, 0.2) is 0 Å². The van der Waals surface area contributed by atoms with Crippen molar-refractivity contribution in [3.63, 3.8) is 0 Å². The maximum absolute atomic E-state index is 13.5. The Hall–Kier alpha value is -3.37. The Morgan fingerprint density at radius 3 is 2.25 bits per heavy atom. The van der Waals surface area contributed by atoms with Crippen LogP contribution in [0.4, 0.5) is 5.69 Å². The second-order valence-electron chi connectivity index (χ2n) is 8.13. The smallest absolute Gasteiger partial charge is 0.278 e. The van der Waals surface area contributed by atoms with Crippen molar-refractivity contribution < 1.29 is 9.59 Å². The number of anilines is 1. The number of rotatable bonds is 6. The van der Waals surface area contributed by atoms with Crippen LogP contribution in [0.5, 0.6) is 0 Å². The summed E-state index contributed by atoms with van der Waals surface area (Å²) in [6.07, 6.45) is 0.603. The zero-order valence-electron chi connectivity index (χ0n) is 18.4. The van der Waals surface area contributed by atoms with Crippen LogP contribution >= 0.6 is 11.6 Å². The van der Waals surface area contributed by atoms with Crippen molar-refractivity contribution in [1.82, 2.24) is 4.90 Å². The van der Waals surface area contributed by atoms with Gasteiger partial charge in [-0.25, -0.2) is 0 Å². The lowest BCUT2D eigenvalue weighted by molar-refractivity contribution is -0.136. The van der Waals surface area contributed by atoms with Crippen molar-refractivity contribution in [1.29, 1.82) is 0 Å². The molecule has 0 bridgehead atoms. The number of hydrogen-bond donors (Lipinski definition) is 1. The van der Waals surface area contributed by atoms with E-state index in [-0.39, 0.29) is 11.8 Å². The van der Waals surface area contributed by atoms with Crippen LogP contribution in [0.3, 0.4) is 0 Å². The summed E-state index contributed by atoms with van der Waals surface area (Å²) in [6, 6.07) is 21.1. The summed E-state index contributed by atoms with van der Waals surface area (Å²) in [6.45, 7) is 6.27. The lowest BCUT2D eigenvalue weighted by atomic mass is 9.99.